The number of likely N-dealkylation sites (N-methyl/N-ethyl adjacent to an activating group) is 1. The molecule has 2 rings (SSSR count). The van der Waals surface area contributed by atoms with Gasteiger partial charge < -0.3 is 24.8 Å². The molecule has 0 aliphatic heterocycles. The van der Waals surface area contributed by atoms with Gasteiger partial charge in [0.1, 0.15) is 12.4 Å². The molecule has 0 saturated carbocycles. The van der Waals surface area contributed by atoms with E-state index in [4.69, 9.17) is 14.2 Å². The summed E-state index contributed by atoms with van der Waals surface area (Å²) in [5.41, 5.74) is 1.51. The van der Waals surface area contributed by atoms with Gasteiger partial charge in [-0.3, -0.25) is 4.79 Å². The highest BCUT2D eigenvalue weighted by molar-refractivity contribution is 5.94. The smallest absolute Gasteiger partial charge is 0.251 e. The van der Waals surface area contributed by atoms with E-state index < -0.39 is 0 Å². The summed E-state index contributed by atoms with van der Waals surface area (Å²) in [5, 5.41) is 5.91. The number of benzene rings is 2. The van der Waals surface area contributed by atoms with Gasteiger partial charge in [0.15, 0.2) is 11.5 Å². The standard InChI is InChI=1S/C19H24N2O4/c1-20-10-11-25-16-7-4-14(5-8-16)13-21-19(22)15-6-9-17(23-2)18(12-15)24-3/h4-9,12,20H,10-11,13H2,1-3H3,(H,21,22). The van der Waals surface area contributed by atoms with Crippen LogP contribution in [0.5, 0.6) is 17.2 Å². The minimum absolute atomic E-state index is 0.171. The first kappa shape index (κ1) is 18.6. The van der Waals surface area contributed by atoms with E-state index in [2.05, 4.69) is 10.6 Å². The summed E-state index contributed by atoms with van der Waals surface area (Å²) >= 11 is 0. The number of amides is 1. The third kappa shape index (κ3) is 5.39. The Balaban J connectivity index is 1.91. The van der Waals surface area contributed by atoms with Crippen LogP contribution in [0.15, 0.2) is 42.5 Å². The van der Waals surface area contributed by atoms with Crippen LogP contribution in [-0.2, 0) is 6.54 Å². The predicted octanol–water partition coefficient (Wildman–Crippen LogP) is 2.23. The number of carbonyl (C=O) groups excluding carboxylic acids is 1. The second kappa shape index (κ2) is 9.54. The average Bonchev–Trinajstić information content (AvgIpc) is 2.66. The lowest BCUT2D eigenvalue weighted by atomic mass is 10.1. The fourth-order valence-corrected chi connectivity index (χ4v) is 2.24. The topological polar surface area (TPSA) is 68.8 Å². The van der Waals surface area contributed by atoms with Gasteiger partial charge in [-0.2, -0.15) is 0 Å². The van der Waals surface area contributed by atoms with Crippen molar-refractivity contribution in [3.63, 3.8) is 0 Å². The molecule has 1 amide bonds. The number of hydrogen-bond donors (Lipinski definition) is 2. The van der Waals surface area contributed by atoms with Crippen LogP contribution in [0.1, 0.15) is 15.9 Å². The molecule has 134 valence electrons. The molecule has 0 aliphatic carbocycles. The SMILES string of the molecule is CNCCOc1ccc(CNC(=O)c2ccc(OC)c(OC)c2)cc1. The molecule has 6 heteroatoms. The monoisotopic (exact) mass is 344 g/mol. The third-order valence-electron chi connectivity index (χ3n) is 3.64. The largest absolute Gasteiger partial charge is 0.493 e. The molecule has 0 aromatic heterocycles. The van der Waals surface area contributed by atoms with E-state index >= 15 is 0 Å². The van der Waals surface area contributed by atoms with Crippen LogP contribution in [0.4, 0.5) is 0 Å². The third-order valence-corrected chi connectivity index (χ3v) is 3.64. The minimum Gasteiger partial charge on any atom is -0.493 e. The van der Waals surface area contributed by atoms with Crippen molar-refractivity contribution in [2.24, 2.45) is 0 Å². The van der Waals surface area contributed by atoms with E-state index in [1.54, 1.807) is 32.4 Å². The molecule has 0 bridgehead atoms. The van der Waals surface area contributed by atoms with Crippen LogP contribution >= 0.6 is 0 Å². The van der Waals surface area contributed by atoms with Gasteiger partial charge in [0.05, 0.1) is 14.2 Å². The fraction of sp³-hybridized carbons (Fsp3) is 0.316. The molecule has 2 aromatic carbocycles. The van der Waals surface area contributed by atoms with Crippen LogP contribution in [-0.4, -0.2) is 40.3 Å². The molecular formula is C19H24N2O4. The van der Waals surface area contributed by atoms with E-state index in [0.29, 0.717) is 30.2 Å². The maximum Gasteiger partial charge on any atom is 0.251 e. The van der Waals surface area contributed by atoms with Crippen molar-refractivity contribution in [2.45, 2.75) is 6.54 Å². The number of rotatable bonds is 9. The van der Waals surface area contributed by atoms with Crippen molar-refractivity contribution in [3.05, 3.63) is 53.6 Å². The zero-order chi connectivity index (χ0) is 18.1. The Morgan fingerprint density at radius 1 is 1.00 bits per heavy atom. The quantitative estimate of drug-likeness (QED) is 0.683. The molecule has 2 N–H and O–H groups in total. The summed E-state index contributed by atoms with van der Waals surface area (Å²) in [6, 6.07) is 12.7. The predicted molar refractivity (Wildman–Crippen MR) is 96.6 cm³/mol. The molecule has 6 nitrogen and oxygen atoms in total. The van der Waals surface area contributed by atoms with Gasteiger partial charge in [-0.05, 0) is 42.9 Å². The Bertz CT molecular complexity index is 686. The van der Waals surface area contributed by atoms with Crippen LogP contribution < -0.4 is 24.8 Å². The molecule has 0 aliphatic rings. The molecule has 0 saturated heterocycles. The second-order valence-corrected chi connectivity index (χ2v) is 5.35. The highest BCUT2D eigenvalue weighted by Crippen LogP contribution is 2.27. The van der Waals surface area contributed by atoms with Crippen molar-refractivity contribution in [1.29, 1.82) is 0 Å². The van der Waals surface area contributed by atoms with Gasteiger partial charge in [0.25, 0.3) is 5.91 Å². The number of carbonyl (C=O) groups is 1. The van der Waals surface area contributed by atoms with Gasteiger partial charge in [-0.1, -0.05) is 12.1 Å². The Morgan fingerprint density at radius 3 is 2.36 bits per heavy atom. The van der Waals surface area contributed by atoms with Crippen molar-refractivity contribution in [2.75, 3.05) is 34.4 Å². The highest BCUT2D eigenvalue weighted by atomic mass is 16.5. The number of ether oxygens (including phenoxy) is 3. The zero-order valence-electron chi connectivity index (χ0n) is 14.8. The Kier molecular flexibility index (Phi) is 7.10. The van der Waals surface area contributed by atoms with E-state index in [1.807, 2.05) is 31.3 Å². The van der Waals surface area contributed by atoms with Crippen LogP contribution in [0.2, 0.25) is 0 Å². The molecule has 0 atom stereocenters. The lowest BCUT2D eigenvalue weighted by Gasteiger charge is -2.10. The van der Waals surface area contributed by atoms with Crippen LogP contribution in [0.3, 0.4) is 0 Å². The molecule has 0 fully saturated rings. The Labute approximate surface area is 148 Å². The first-order chi connectivity index (χ1) is 12.2. The van der Waals surface area contributed by atoms with Crippen molar-refractivity contribution >= 4 is 5.91 Å². The number of hydrogen-bond acceptors (Lipinski definition) is 5. The van der Waals surface area contributed by atoms with Gasteiger partial charge in [-0.25, -0.2) is 0 Å². The molecule has 0 radical (unpaired) electrons. The van der Waals surface area contributed by atoms with Gasteiger partial charge in [0.2, 0.25) is 0 Å². The fourth-order valence-electron chi connectivity index (χ4n) is 2.24. The normalized spacial score (nSPS) is 10.2. The maximum absolute atomic E-state index is 12.3. The maximum atomic E-state index is 12.3. The average molecular weight is 344 g/mol. The Hall–Kier alpha value is -2.73. The van der Waals surface area contributed by atoms with E-state index in [1.165, 1.54) is 0 Å². The van der Waals surface area contributed by atoms with Crippen LogP contribution in [0, 0.1) is 0 Å². The summed E-state index contributed by atoms with van der Waals surface area (Å²) in [6.45, 7) is 1.85. The molecule has 0 spiro atoms. The molecular weight excluding hydrogens is 320 g/mol. The second-order valence-electron chi connectivity index (χ2n) is 5.35. The summed E-state index contributed by atoms with van der Waals surface area (Å²) in [5.74, 6) is 1.76. The highest BCUT2D eigenvalue weighted by Gasteiger charge is 2.10. The van der Waals surface area contributed by atoms with Crippen molar-refractivity contribution in [1.82, 2.24) is 10.6 Å². The summed E-state index contributed by atoms with van der Waals surface area (Å²) in [4.78, 5) is 12.3. The summed E-state index contributed by atoms with van der Waals surface area (Å²) < 4.78 is 16.0. The minimum atomic E-state index is -0.171. The lowest BCUT2D eigenvalue weighted by molar-refractivity contribution is 0.0950. The molecule has 25 heavy (non-hydrogen) atoms. The van der Waals surface area contributed by atoms with Crippen LogP contribution in [0.25, 0.3) is 0 Å². The van der Waals surface area contributed by atoms with Crippen molar-refractivity contribution in [3.8, 4) is 17.2 Å². The van der Waals surface area contributed by atoms with E-state index in [-0.39, 0.29) is 5.91 Å². The van der Waals surface area contributed by atoms with E-state index in [9.17, 15) is 4.79 Å². The molecule has 2 aromatic rings. The number of methoxy groups -OCH3 is 2. The molecule has 0 unspecified atom stereocenters. The van der Waals surface area contributed by atoms with Gasteiger partial charge in [0, 0.05) is 18.7 Å². The lowest BCUT2D eigenvalue weighted by Crippen LogP contribution is -2.22. The zero-order valence-corrected chi connectivity index (χ0v) is 14.8. The Morgan fingerprint density at radius 2 is 1.72 bits per heavy atom. The van der Waals surface area contributed by atoms with E-state index in [0.717, 1.165) is 17.9 Å². The first-order valence-electron chi connectivity index (χ1n) is 8.04. The van der Waals surface area contributed by atoms with Gasteiger partial charge in [-0.15, -0.1) is 0 Å². The summed E-state index contributed by atoms with van der Waals surface area (Å²) in [7, 11) is 4.98. The van der Waals surface area contributed by atoms with Crippen molar-refractivity contribution < 1.29 is 19.0 Å². The number of nitrogens with one attached hydrogen (secondary N) is 2. The first-order valence-corrected chi connectivity index (χ1v) is 8.04. The molecule has 0 heterocycles. The van der Waals surface area contributed by atoms with Gasteiger partial charge >= 0.3 is 0 Å². The summed E-state index contributed by atoms with van der Waals surface area (Å²) in [6.07, 6.45) is 0.